The Labute approximate surface area is 137 Å². The summed E-state index contributed by atoms with van der Waals surface area (Å²) in [6.07, 6.45) is 1.53. The van der Waals surface area contributed by atoms with Gasteiger partial charge in [0.25, 0.3) is 0 Å². The molecule has 1 aromatic heterocycles. The molecule has 1 aliphatic rings. The van der Waals surface area contributed by atoms with Crippen LogP contribution in [0.25, 0.3) is 10.9 Å². The van der Waals surface area contributed by atoms with Gasteiger partial charge in [0.1, 0.15) is 29.4 Å². The molecule has 23 heavy (non-hydrogen) atoms. The summed E-state index contributed by atoms with van der Waals surface area (Å²) in [5.41, 5.74) is -1.62. The van der Waals surface area contributed by atoms with Gasteiger partial charge in [-0.1, -0.05) is 0 Å². The van der Waals surface area contributed by atoms with E-state index >= 15 is 0 Å². The van der Waals surface area contributed by atoms with Crippen LogP contribution in [0.15, 0.2) is 23.0 Å². The Hall–Kier alpha value is -1.87. The van der Waals surface area contributed by atoms with E-state index in [4.69, 9.17) is 4.74 Å². The molecular weight excluding hydrogens is 379 g/mol. The second-order valence-corrected chi connectivity index (χ2v) is 6.21. The second-order valence-electron chi connectivity index (χ2n) is 5.42. The zero-order valence-electron chi connectivity index (χ0n) is 11.9. The van der Waals surface area contributed by atoms with Gasteiger partial charge in [0.15, 0.2) is 5.82 Å². The number of ether oxygens (including phenoxy) is 1. The molecule has 0 saturated heterocycles. The summed E-state index contributed by atoms with van der Waals surface area (Å²) in [4.78, 5) is 8.38. The average molecular weight is 390 g/mol. The number of aliphatic hydroxyl groups is 1. The number of anilines is 1. The first-order valence-corrected chi connectivity index (χ1v) is 7.36. The molecule has 0 amide bonds. The van der Waals surface area contributed by atoms with Crippen molar-refractivity contribution in [3.63, 3.8) is 0 Å². The number of rotatable bonds is 1. The highest BCUT2D eigenvalue weighted by atomic mass is 79.9. The van der Waals surface area contributed by atoms with Crippen LogP contribution in [0.5, 0.6) is 0 Å². The normalized spacial score (nSPS) is 21.4. The number of aromatic nitrogens is 2. The van der Waals surface area contributed by atoms with Gasteiger partial charge in [-0.05, 0) is 28.9 Å². The van der Waals surface area contributed by atoms with Crippen LogP contribution in [-0.2, 0) is 4.74 Å². The summed E-state index contributed by atoms with van der Waals surface area (Å²) in [5, 5.41) is 10.2. The molecule has 2 heterocycles. The summed E-state index contributed by atoms with van der Waals surface area (Å²) in [5.74, 6) is -1.96. The summed E-state index contributed by atoms with van der Waals surface area (Å²) in [7, 11) is 0. The van der Waals surface area contributed by atoms with Crippen LogP contribution >= 0.6 is 15.9 Å². The van der Waals surface area contributed by atoms with Gasteiger partial charge in [0, 0.05) is 11.6 Å². The van der Waals surface area contributed by atoms with Crippen molar-refractivity contribution < 1.29 is 23.0 Å². The maximum Gasteiger partial charge on any atom is 0.311 e. The highest BCUT2D eigenvalue weighted by Gasteiger charge is 2.29. The molecule has 1 unspecified atom stereocenters. The van der Waals surface area contributed by atoms with E-state index in [0.29, 0.717) is 0 Å². The van der Waals surface area contributed by atoms with Gasteiger partial charge in [-0.2, -0.15) is 14.4 Å². The molecular formula is C14H11BrF3N3O2. The Bertz CT molecular complexity index is 814. The summed E-state index contributed by atoms with van der Waals surface area (Å²) in [6.45, 7) is 1.53. The Morgan fingerprint density at radius 1 is 1.35 bits per heavy atom. The predicted molar refractivity (Wildman–Crippen MR) is 80.2 cm³/mol. The third-order valence-corrected chi connectivity index (χ3v) is 4.02. The van der Waals surface area contributed by atoms with Gasteiger partial charge >= 0.3 is 6.08 Å². The molecule has 9 heteroatoms. The first kappa shape index (κ1) is 16.0. The molecule has 1 atom stereocenters. The van der Waals surface area contributed by atoms with E-state index in [0.717, 1.165) is 6.07 Å². The van der Waals surface area contributed by atoms with Crippen LogP contribution in [0.1, 0.15) is 6.92 Å². The molecule has 1 aromatic carbocycles. The van der Waals surface area contributed by atoms with Gasteiger partial charge in [-0.25, -0.2) is 8.78 Å². The van der Waals surface area contributed by atoms with E-state index in [1.54, 1.807) is 0 Å². The molecule has 0 aliphatic carbocycles. The Kier molecular flexibility index (Phi) is 3.93. The lowest BCUT2D eigenvalue weighted by Crippen LogP contribution is -2.41. The maximum absolute atomic E-state index is 14.2. The van der Waals surface area contributed by atoms with Gasteiger partial charge in [-0.3, -0.25) is 0 Å². The van der Waals surface area contributed by atoms with Gasteiger partial charge in [-0.15, -0.1) is 0 Å². The minimum atomic E-state index is -1.26. The summed E-state index contributed by atoms with van der Waals surface area (Å²) < 4.78 is 46.4. The molecule has 2 aromatic rings. The van der Waals surface area contributed by atoms with Crippen LogP contribution in [-0.4, -0.2) is 33.8 Å². The Morgan fingerprint density at radius 3 is 2.83 bits per heavy atom. The van der Waals surface area contributed by atoms with Gasteiger partial charge in [0.05, 0.1) is 17.3 Å². The van der Waals surface area contributed by atoms with Crippen LogP contribution < -0.4 is 4.90 Å². The zero-order valence-corrected chi connectivity index (χ0v) is 13.4. The number of halogens is 4. The van der Waals surface area contributed by atoms with Crippen molar-refractivity contribution >= 4 is 32.7 Å². The molecule has 0 spiro atoms. The molecule has 5 nitrogen and oxygen atoms in total. The fourth-order valence-corrected chi connectivity index (χ4v) is 2.61. The highest BCUT2D eigenvalue weighted by molar-refractivity contribution is 9.10. The number of β-amino-alcohol motifs (C(OH)–C–C–N with tert-alkyl or cyclic N) is 1. The predicted octanol–water partition coefficient (Wildman–Crippen LogP) is 2.87. The standard InChI is InChI=1S/C14H11BrF3N3O2/c1-14(22)5-21(2-3-23-6-14)12-7-4-8(16)9(15)10(17)11(7)19-13(18)20-12/h2-4,22H,5-6H2,1H3. The lowest BCUT2D eigenvalue weighted by atomic mass is 10.1. The summed E-state index contributed by atoms with van der Waals surface area (Å²) in [6, 6.07) is 1.01. The van der Waals surface area contributed by atoms with E-state index < -0.39 is 27.8 Å². The minimum absolute atomic E-state index is 0.00560. The monoisotopic (exact) mass is 389 g/mol. The molecule has 1 N–H and O–H groups in total. The summed E-state index contributed by atoms with van der Waals surface area (Å²) >= 11 is 2.76. The maximum atomic E-state index is 14.2. The van der Waals surface area contributed by atoms with Crippen LogP contribution in [0, 0.1) is 17.7 Å². The van der Waals surface area contributed by atoms with Crippen molar-refractivity contribution in [2.24, 2.45) is 0 Å². The Balaban J connectivity index is 2.24. The van der Waals surface area contributed by atoms with E-state index in [-0.39, 0.29) is 29.9 Å². The molecule has 0 fully saturated rings. The molecule has 0 saturated carbocycles. The molecule has 3 rings (SSSR count). The van der Waals surface area contributed by atoms with Crippen molar-refractivity contribution in [2.45, 2.75) is 12.5 Å². The van der Waals surface area contributed by atoms with Crippen molar-refractivity contribution in [3.05, 3.63) is 40.7 Å². The van der Waals surface area contributed by atoms with Gasteiger partial charge in [0.2, 0.25) is 0 Å². The van der Waals surface area contributed by atoms with E-state index in [1.165, 1.54) is 24.3 Å². The van der Waals surface area contributed by atoms with Gasteiger partial charge < -0.3 is 14.7 Å². The lowest BCUT2D eigenvalue weighted by Gasteiger charge is -2.27. The zero-order chi connectivity index (χ0) is 16.8. The second kappa shape index (κ2) is 5.64. The van der Waals surface area contributed by atoms with Crippen LogP contribution in [0.3, 0.4) is 0 Å². The Morgan fingerprint density at radius 2 is 2.09 bits per heavy atom. The number of hydrogen-bond donors (Lipinski definition) is 1. The topological polar surface area (TPSA) is 58.5 Å². The van der Waals surface area contributed by atoms with Crippen LogP contribution in [0.4, 0.5) is 19.0 Å². The first-order chi connectivity index (χ1) is 10.8. The number of benzene rings is 1. The third-order valence-electron chi connectivity index (χ3n) is 3.29. The average Bonchev–Trinajstić information content (AvgIpc) is 2.66. The van der Waals surface area contributed by atoms with E-state index in [9.17, 15) is 18.3 Å². The van der Waals surface area contributed by atoms with Crippen molar-refractivity contribution in [1.82, 2.24) is 9.97 Å². The van der Waals surface area contributed by atoms with Crippen LogP contribution in [0.2, 0.25) is 0 Å². The smallest absolute Gasteiger partial charge is 0.311 e. The third kappa shape index (κ3) is 2.98. The van der Waals surface area contributed by atoms with E-state index in [2.05, 4.69) is 25.9 Å². The minimum Gasteiger partial charge on any atom is -0.497 e. The van der Waals surface area contributed by atoms with Crippen molar-refractivity contribution in [1.29, 1.82) is 0 Å². The largest absolute Gasteiger partial charge is 0.497 e. The van der Waals surface area contributed by atoms with E-state index in [1.807, 2.05) is 0 Å². The fraction of sp³-hybridized carbons (Fsp3) is 0.286. The first-order valence-electron chi connectivity index (χ1n) is 6.56. The number of nitrogens with zero attached hydrogens (tertiary/aromatic N) is 3. The SMILES string of the molecule is CC1(O)COC=CN(c2nc(F)nc3c(F)c(Br)c(F)cc23)C1. The molecule has 122 valence electrons. The lowest BCUT2D eigenvalue weighted by molar-refractivity contribution is 0.00798. The molecule has 1 aliphatic heterocycles. The highest BCUT2D eigenvalue weighted by Crippen LogP contribution is 2.32. The fourth-order valence-electron chi connectivity index (χ4n) is 2.30. The number of fused-ring (bicyclic) bond motifs is 1. The quantitative estimate of drug-likeness (QED) is 0.600. The number of hydrogen-bond acceptors (Lipinski definition) is 5. The molecule has 0 bridgehead atoms. The van der Waals surface area contributed by atoms with Crippen molar-refractivity contribution in [2.75, 3.05) is 18.1 Å². The van der Waals surface area contributed by atoms with Crippen molar-refractivity contribution in [3.8, 4) is 0 Å². The molecule has 0 radical (unpaired) electrons.